The first-order valence-electron chi connectivity index (χ1n) is 9.07. The van der Waals surface area contributed by atoms with Crippen LogP contribution in [-0.4, -0.2) is 23.7 Å². The summed E-state index contributed by atoms with van der Waals surface area (Å²) in [5.74, 6) is 0.405. The SMILES string of the molecule is C=CCN(/C(C=C)=C/CC(C)C)[C@@H](C)CC[C@@H]1CC(F)=C[C@H](F)C1. The van der Waals surface area contributed by atoms with Crippen molar-refractivity contribution in [1.29, 1.82) is 0 Å². The monoisotopic (exact) mass is 337 g/mol. The molecule has 0 heterocycles. The van der Waals surface area contributed by atoms with Gasteiger partial charge >= 0.3 is 0 Å². The van der Waals surface area contributed by atoms with E-state index in [1.165, 1.54) is 0 Å². The lowest BCUT2D eigenvalue weighted by Crippen LogP contribution is -2.32. The van der Waals surface area contributed by atoms with Crippen molar-refractivity contribution in [3.63, 3.8) is 0 Å². The molecular weight excluding hydrogens is 304 g/mol. The molecule has 24 heavy (non-hydrogen) atoms. The molecule has 1 aliphatic carbocycles. The van der Waals surface area contributed by atoms with Gasteiger partial charge in [0.15, 0.2) is 0 Å². The second-order valence-corrected chi connectivity index (χ2v) is 7.27. The fourth-order valence-electron chi connectivity index (χ4n) is 3.22. The topological polar surface area (TPSA) is 3.24 Å². The summed E-state index contributed by atoms with van der Waals surface area (Å²) < 4.78 is 26.9. The van der Waals surface area contributed by atoms with E-state index >= 15 is 0 Å². The van der Waals surface area contributed by atoms with Crippen molar-refractivity contribution in [2.45, 2.75) is 65.1 Å². The van der Waals surface area contributed by atoms with Crippen LogP contribution in [0, 0.1) is 11.8 Å². The summed E-state index contributed by atoms with van der Waals surface area (Å²) in [7, 11) is 0. The molecule has 0 aromatic heterocycles. The van der Waals surface area contributed by atoms with Crippen LogP contribution in [0.4, 0.5) is 8.78 Å². The second kappa shape index (κ2) is 10.5. The van der Waals surface area contributed by atoms with E-state index in [4.69, 9.17) is 0 Å². The summed E-state index contributed by atoms with van der Waals surface area (Å²) >= 11 is 0. The van der Waals surface area contributed by atoms with Gasteiger partial charge in [-0.15, -0.1) is 6.58 Å². The zero-order valence-corrected chi connectivity index (χ0v) is 15.5. The van der Waals surface area contributed by atoms with Crippen LogP contribution in [0.15, 0.2) is 49.0 Å². The molecule has 0 bridgehead atoms. The van der Waals surface area contributed by atoms with Crippen molar-refractivity contribution >= 4 is 0 Å². The van der Waals surface area contributed by atoms with Gasteiger partial charge in [0.25, 0.3) is 0 Å². The number of rotatable bonds is 10. The van der Waals surface area contributed by atoms with E-state index in [0.717, 1.165) is 37.6 Å². The Balaban J connectivity index is 2.67. The third-order valence-corrected chi connectivity index (χ3v) is 4.59. The lowest BCUT2D eigenvalue weighted by Gasteiger charge is -2.33. The van der Waals surface area contributed by atoms with E-state index in [1.54, 1.807) is 0 Å². The average molecular weight is 337 g/mol. The molecule has 0 saturated carbocycles. The molecule has 136 valence electrons. The molecule has 0 spiro atoms. The predicted octanol–water partition coefficient (Wildman–Crippen LogP) is 6.36. The number of nitrogens with zero attached hydrogens (tertiary/aromatic N) is 1. The summed E-state index contributed by atoms with van der Waals surface area (Å²) in [5, 5.41) is 0. The standard InChI is InChI=1S/C21H33F2N/c1-6-12-24(21(7-2)11-8-16(3)4)17(5)9-10-18-13-19(22)15-20(23)14-18/h6-7,11,15-19H,1-2,8-10,12-14H2,3-5H3/b21-11+/t17-,18-,19+/m0/s1. The Labute approximate surface area is 146 Å². The molecular formula is C21H33F2N. The van der Waals surface area contributed by atoms with Gasteiger partial charge in [0.05, 0.1) is 5.83 Å². The molecule has 1 aliphatic rings. The number of allylic oxidation sites excluding steroid dienone is 4. The number of halogens is 2. The molecule has 3 atom stereocenters. The fourth-order valence-corrected chi connectivity index (χ4v) is 3.22. The van der Waals surface area contributed by atoms with Crippen molar-refractivity contribution in [2.75, 3.05) is 6.54 Å². The number of hydrogen-bond donors (Lipinski definition) is 0. The van der Waals surface area contributed by atoms with E-state index in [0.29, 0.717) is 18.8 Å². The van der Waals surface area contributed by atoms with Gasteiger partial charge < -0.3 is 4.90 Å². The predicted molar refractivity (Wildman–Crippen MR) is 100 cm³/mol. The average Bonchev–Trinajstić information content (AvgIpc) is 2.51. The van der Waals surface area contributed by atoms with Crippen LogP contribution in [0.3, 0.4) is 0 Å². The van der Waals surface area contributed by atoms with Crippen LogP contribution >= 0.6 is 0 Å². The summed E-state index contributed by atoms with van der Waals surface area (Å²) in [5.41, 5.74) is 1.12. The third kappa shape index (κ3) is 7.02. The van der Waals surface area contributed by atoms with Crippen LogP contribution in [0.2, 0.25) is 0 Å². The Morgan fingerprint density at radius 1 is 1.38 bits per heavy atom. The maximum atomic E-state index is 13.5. The molecule has 1 nitrogen and oxygen atoms in total. The molecule has 0 radical (unpaired) electrons. The molecule has 0 N–H and O–H groups in total. The molecule has 0 fully saturated rings. The highest BCUT2D eigenvalue weighted by molar-refractivity contribution is 5.17. The quantitative estimate of drug-likeness (QED) is 0.331. The first kappa shape index (κ1) is 20.7. The van der Waals surface area contributed by atoms with Crippen molar-refractivity contribution < 1.29 is 8.78 Å². The maximum absolute atomic E-state index is 13.5. The van der Waals surface area contributed by atoms with Crippen molar-refractivity contribution in [3.8, 4) is 0 Å². The van der Waals surface area contributed by atoms with Crippen LogP contribution in [-0.2, 0) is 0 Å². The van der Waals surface area contributed by atoms with Crippen molar-refractivity contribution in [3.05, 3.63) is 49.0 Å². The van der Waals surface area contributed by atoms with Gasteiger partial charge in [-0.05, 0) is 56.6 Å². The van der Waals surface area contributed by atoms with E-state index < -0.39 is 6.17 Å². The molecule has 0 unspecified atom stereocenters. The molecule has 1 rings (SSSR count). The summed E-state index contributed by atoms with van der Waals surface area (Å²) in [4.78, 5) is 2.28. The zero-order valence-electron chi connectivity index (χ0n) is 15.5. The highest BCUT2D eigenvalue weighted by Gasteiger charge is 2.24. The van der Waals surface area contributed by atoms with Gasteiger partial charge in [0.2, 0.25) is 0 Å². The molecule has 0 aliphatic heterocycles. The van der Waals surface area contributed by atoms with Gasteiger partial charge in [0.1, 0.15) is 6.17 Å². The number of hydrogen-bond acceptors (Lipinski definition) is 1. The van der Waals surface area contributed by atoms with Gasteiger partial charge in [0, 0.05) is 24.7 Å². The Kier molecular flexibility index (Phi) is 9.02. The Bertz CT molecular complexity index is 464. The lowest BCUT2D eigenvalue weighted by molar-refractivity contribution is 0.231. The smallest absolute Gasteiger partial charge is 0.121 e. The van der Waals surface area contributed by atoms with E-state index in [-0.39, 0.29) is 17.8 Å². The fraction of sp³-hybridized carbons (Fsp3) is 0.619. The van der Waals surface area contributed by atoms with Crippen LogP contribution in [0.1, 0.15) is 52.9 Å². The Morgan fingerprint density at radius 2 is 2.08 bits per heavy atom. The van der Waals surface area contributed by atoms with Crippen molar-refractivity contribution in [1.82, 2.24) is 4.90 Å². The molecule has 0 saturated heterocycles. The number of alkyl halides is 1. The minimum atomic E-state index is -1.13. The summed E-state index contributed by atoms with van der Waals surface area (Å²) in [6.45, 7) is 15.1. The van der Waals surface area contributed by atoms with Crippen LogP contribution in [0.5, 0.6) is 0 Å². The lowest BCUT2D eigenvalue weighted by atomic mass is 9.87. The van der Waals surface area contributed by atoms with E-state index in [1.807, 2.05) is 12.2 Å². The largest absolute Gasteiger partial charge is 0.365 e. The summed E-state index contributed by atoms with van der Waals surface area (Å²) in [6, 6.07) is 0.284. The third-order valence-electron chi connectivity index (χ3n) is 4.59. The van der Waals surface area contributed by atoms with E-state index in [9.17, 15) is 8.78 Å². The van der Waals surface area contributed by atoms with Gasteiger partial charge in [-0.25, -0.2) is 8.78 Å². The molecule has 0 aromatic rings. The van der Waals surface area contributed by atoms with Crippen LogP contribution in [0.25, 0.3) is 0 Å². The molecule has 3 heteroatoms. The first-order chi connectivity index (χ1) is 11.4. The normalized spacial score (nSPS) is 22.9. The van der Waals surface area contributed by atoms with Crippen LogP contribution < -0.4 is 0 Å². The highest BCUT2D eigenvalue weighted by atomic mass is 19.1. The minimum Gasteiger partial charge on any atom is -0.365 e. The summed E-state index contributed by atoms with van der Waals surface area (Å²) in [6.07, 6.45) is 9.57. The Hall–Kier alpha value is -1.38. The first-order valence-corrected chi connectivity index (χ1v) is 9.07. The van der Waals surface area contributed by atoms with Gasteiger partial charge in [-0.1, -0.05) is 32.6 Å². The zero-order chi connectivity index (χ0) is 18.1. The van der Waals surface area contributed by atoms with Crippen molar-refractivity contribution in [2.24, 2.45) is 11.8 Å². The second-order valence-electron chi connectivity index (χ2n) is 7.27. The highest BCUT2D eigenvalue weighted by Crippen LogP contribution is 2.31. The van der Waals surface area contributed by atoms with Gasteiger partial charge in [-0.3, -0.25) is 0 Å². The minimum absolute atomic E-state index is 0.102. The van der Waals surface area contributed by atoms with Gasteiger partial charge in [-0.2, -0.15) is 0 Å². The van der Waals surface area contributed by atoms with E-state index in [2.05, 4.69) is 44.9 Å². The Morgan fingerprint density at radius 3 is 2.62 bits per heavy atom. The molecule has 0 amide bonds. The molecule has 0 aromatic carbocycles. The maximum Gasteiger partial charge on any atom is 0.121 e.